The number of ether oxygens (including phenoxy) is 1. The number of rotatable bonds is 4. The minimum Gasteiger partial charge on any atom is -0.448 e. The fourth-order valence-electron chi connectivity index (χ4n) is 2.75. The highest BCUT2D eigenvalue weighted by molar-refractivity contribution is 7.14. The number of aryl methyl sites for hydroxylation is 2. The highest BCUT2D eigenvalue weighted by atomic mass is 35.5. The van der Waals surface area contributed by atoms with Gasteiger partial charge in [-0.3, -0.25) is 4.79 Å². The second-order valence-electron chi connectivity index (χ2n) is 6.00. The predicted octanol–water partition coefficient (Wildman–Crippen LogP) is 4.25. The van der Waals surface area contributed by atoms with Gasteiger partial charge < -0.3 is 10.1 Å². The van der Waals surface area contributed by atoms with Crippen molar-refractivity contribution in [1.82, 2.24) is 4.98 Å². The van der Waals surface area contributed by atoms with Crippen LogP contribution in [0.4, 0.5) is 5.69 Å². The molecule has 3 rings (SSSR count). The number of amides is 1. The third-order valence-corrected chi connectivity index (χ3v) is 5.64. The molecule has 1 aliphatic rings. The first-order valence-corrected chi connectivity index (χ1v) is 9.48. The van der Waals surface area contributed by atoms with Crippen molar-refractivity contribution in [3.63, 3.8) is 0 Å². The van der Waals surface area contributed by atoms with E-state index in [4.69, 9.17) is 16.3 Å². The topological polar surface area (TPSA) is 68.3 Å². The van der Waals surface area contributed by atoms with Gasteiger partial charge in [-0.25, -0.2) is 9.78 Å². The highest BCUT2D eigenvalue weighted by Gasteiger charge is 2.23. The Balaban J connectivity index is 1.62. The first-order chi connectivity index (χ1) is 12.0. The molecule has 5 nitrogen and oxygen atoms in total. The molecule has 2 aromatic heterocycles. The van der Waals surface area contributed by atoms with Gasteiger partial charge in [0, 0.05) is 11.1 Å². The molecule has 1 amide bonds. The molecule has 0 unspecified atom stereocenters. The van der Waals surface area contributed by atoms with Crippen molar-refractivity contribution in [2.75, 3.05) is 5.32 Å². The summed E-state index contributed by atoms with van der Waals surface area (Å²) in [5.41, 5.74) is 1.63. The number of nitrogens with one attached hydrogen (secondary N) is 1. The van der Waals surface area contributed by atoms with E-state index in [9.17, 15) is 9.59 Å². The van der Waals surface area contributed by atoms with Gasteiger partial charge in [-0.2, -0.15) is 0 Å². The summed E-state index contributed by atoms with van der Waals surface area (Å²) in [4.78, 5) is 30.3. The lowest BCUT2D eigenvalue weighted by Crippen LogP contribution is -2.30. The van der Waals surface area contributed by atoms with E-state index in [-0.39, 0.29) is 5.15 Å². The molecule has 0 fully saturated rings. The van der Waals surface area contributed by atoms with E-state index in [2.05, 4.69) is 10.3 Å². The molecule has 1 N–H and O–H groups in total. The Morgan fingerprint density at radius 1 is 1.32 bits per heavy atom. The summed E-state index contributed by atoms with van der Waals surface area (Å²) in [6, 6.07) is 5.21. The van der Waals surface area contributed by atoms with Crippen LogP contribution in [0.5, 0.6) is 0 Å². The molecule has 1 aliphatic carbocycles. The molecular formula is C18H19ClN2O3S. The summed E-state index contributed by atoms with van der Waals surface area (Å²) in [7, 11) is 0. The Morgan fingerprint density at radius 2 is 2.12 bits per heavy atom. The molecule has 0 bridgehead atoms. The van der Waals surface area contributed by atoms with Gasteiger partial charge in [-0.1, -0.05) is 18.0 Å². The fraction of sp³-hybridized carbons (Fsp3) is 0.389. The fourth-order valence-corrected chi connectivity index (χ4v) is 4.06. The van der Waals surface area contributed by atoms with Gasteiger partial charge in [0.15, 0.2) is 11.3 Å². The van der Waals surface area contributed by atoms with Crippen molar-refractivity contribution in [2.24, 2.45) is 0 Å². The molecule has 0 aliphatic heterocycles. The van der Waals surface area contributed by atoms with Gasteiger partial charge in [0.25, 0.3) is 5.91 Å². The van der Waals surface area contributed by atoms with Crippen molar-refractivity contribution >= 4 is 40.5 Å². The summed E-state index contributed by atoms with van der Waals surface area (Å²) in [5.74, 6) is -0.903. The zero-order chi connectivity index (χ0) is 17.8. The number of pyridine rings is 1. The highest BCUT2D eigenvalue weighted by Crippen LogP contribution is 2.29. The predicted molar refractivity (Wildman–Crippen MR) is 98.3 cm³/mol. The van der Waals surface area contributed by atoms with Gasteiger partial charge in [0.1, 0.15) is 4.88 Å². The number of aromatic nitrogens is 1. The monoisotopic (exact) mass is 378 g/mol. The zero-order valence-corrected chi connectivity index (χ0v) is 15.5. The standard InChI is InChI=1S/C18H19ClN2O3S/c1-11(17(22)21-13-7-5-9-20-16(13)19)24-18(23)15-10-12-6-3-2-4-8-14(12)25-15/h5,7,9-11H,2-4,6,8H2,1H3,(H,21,22)/t11-/m0/s1. The zero-order valence-electron chi connectivity index (χ0n) is 13.9. The van der Waals surface area contributed by atoms with E-state index in [0.717, 1.165) is 25.7 Å². The van der Waals surface area contributed by atoms with Gasteiger partial charge in [0.05, 0.1) is 5.69 Å². The van der Waals surface area contributed by atoms with Crippen molar-refractivity contribution in [2.45, 2.75) is 45.1 Å². The summed E-state index contributed by atoms with van der Waals surface area (Å²) in [6.45, 7) is 1.54. The van der Waals surface area contributed by atoms with Gasteiger partial charge in [-0.05, 0) is 56.4 Å². The summed E-state index contributed by atoms with van der Waals surface area (Å²) >= 11 is 7.39. The molecule has 0 saturated carbocycles. The number of carbonyl (C=O) groups excluding carboxylic acids is 2. The van der Waals surface area contributed by atoms with Crippen LogP contribution >= 0.6 is 22.9 Å². The third-order valence-electron chi connectivity index (χ3n) is 4.12. The molecule has 1 atom stereocenters. The lowest BCUT2D eigenvalue weighted by atomic mass is 10.1. The Labute approximate surface area is 155 Å². The molecule has 132 valence electrons. The van der Waals surface area contributed by atoms with Crippen LogP contribution in [-0.4, -0.2) is 23.0 Å². The molecule has 0 saturated heterocycles. The lowest BCUT2D eigenvalue weighted by molar-refractivity contribution is -0.123. The molecular weight excluding hydrogens is 360 g/mol. The summed E-state index contributed by atoms with van der Waals surface area (Å²) in [5, 5.41) is 2.81. The Hall–Kier alpha value is -1.92. The molecule has 2 heterocycles. The van der Waals surface area contributed by atoms with Crippen LogP contribution in [0.15, 0.2) is 24.4 Å². The second-order valence-corrected chi connectivity index (χ2v) is 7.49. The van der Waals surface area contributed by atoms with Crippen molar-refractivity contribution in [3.05, 3.63) is 44.9 Å². The first-order valence-electron chi connectivity index (χ1n) is 8.28. The Morgan fingerprint density at radius 3 is 2.92 bits per heavy atom. The molecule has 25 heavy (non-hydrogen) atoms. The smallest absolute Gasteiger partial charge is 0.349 e. The number of anilines is 1. The maximum atomic E-state index is 12.4. The van der Waals surface area contributed by atoms with Crippen LogP contribution in [0.3, 0.4) is 0 Å². The van der Waals surface area contributed by atoms with E-state index < -0.39 is 18.0 Å². The number of esters is 1. The van der Waals surface area contributed by atoms with E-state index in [1.165, 1.54) is 41.3 Å². The summed E-state index contributed by atoms with van der Waals surface area (Å²) in [6.07, 6.45) is 6.18. The average molecular weight is 379 g/mol. The Bertz CT molecular complexity index is 767. The number of thiophene rings is 1. The van der Waals surface area contributed by atoms with Crippen LogP contribution in [0.1, 0.15) is 46.3 Å². The van der Waals surface area contributed by atoms with E-state index >= 15 is 0 Å². The molecule has 0 aromatic carbocycles. The van der Waals surface area contributed by atoms with Crippen molar-refractivity contribution < 1.29 is 14.3 Å². The number of nitrogens with zero attached hydrogens (tertiary/aromatic N) is 1. The number of hydrogen-bond acceptors (Lipinski definition) is 5. The minimum atomic E-state index is -0.925. The van der Waals surface area contributed by atoms with Gasteiger partial charge in [0.2, 0.25) is 0 Å². The molecule has 0 radical (unpaired) electrons. The SMILES string of the molecule is C[C@H](OC(=O)c1cc2c(s1)CCCCC2)C(=O)Nc1cccnc1Cl. The number of hydrogen-bond donors (Lipinski definition) is 1. The largest absolute Gasteiger partial charge is 0.448 e. The molecule has 2 aromatic rings. The van der Waals surface area contributed by atoms with Crippen molar-refractivity contribution in [3.8, 4) is 0 Å². The average Bonchev–Trinajstić information content (AvgIpc) is 2.88. The molecule has 7 heteroatoms. The number of carbonyl (C=O) groups is 2. The maximum Gasteiger partial charge on any atom is 0.349 e. The van der Waals surface area contributed by atoms with Crippen LogP contribution in [0.2, 0.25) is 5.15 Å². The van der Waals surface area contributed by atoms with Gasteiger partial charge in [-0.15, -0.1) is 11.3 Å². The maximum absolute atomic E-state index is 12.4. The van der Waals surface area contributed by atoms with E-state index in [0.29, 0.717) is 10.6 Å². The number of fused-ring (bicyclic) bond motifs is 1. The van der Waals surface area contributed by atoms with E-state index in [1.807, 2.05) is 6.07 Å². The first kappa shape index (κ1) is 17.9. The minimum absolute atomic E-state index is 0.191. The van der Waals surface area contributed by atoms with Crippen LogP contribution < -0.4 is 5.32 Å². The summed E-state index contributed by atoms with van der Waals surface area (Å²) < 4.78 is 5.32. The van der Waals surface area contributed by atoms with Crippen LogP contribution in [0.25, 0.3) is 0 Å². The van der Waals surface area contributed by atoms with Crippen LogP contribution in [0, 0.1) is 0 Å². The van der Waals surface area contributed by atoms with E-state index in [1.54, 1.807) is 12.1 Å². The second kappa shape index (κ2) is 7.97. The normalized spacial score (nSPS) is 15.0. The number of halogens is 1. The Kier molecular flexibility index (Phi) is 5.71. The lowest BCUT2D eigenvalue weighted by Gasteiger charge is -2.13. The molecule has 0 spiro atoms. The van der Waals surface area contributed by atoms with Gasteiger partial charge >= 0.3 is 5.97 Å². The van der Waals surface area contributed by atoms with Crippen molar-refractivity contribution in [1.29, 1.82) is 0 Å². The van der Waals surface area contributed by atoms with Crippen LogP contribution in [-0.2, 0) is 22.4 Å². The third kappa shape index (κ3) is 4.38. The quantitative estimate of drug-likeness (QED) is 0.490.